The summed E-state index contributed by atoms with van der Waals surface area (Å²) in [5, 5.41) is 9.17. The van der Waals surface area contributed by atoms with Crippen molar-refractivity contribution in [3.63, 3.8) is 0 Å². The van der Waals surface area contributed by atoms with Crippen LogP contribution in [0, 0.1) is 5.92 Å². The van der Waals surface area contributed by atoms with E-state index in [1.807, 2.05) is 5.98 Å². The van der Waals surface area contributed by atoms with Gasteiger partial charge in [0.15, 0.2) is 0 Å². The maximum absolute atomic E-state index is 9.17. The summed E-state index contributed by atoms with van der Waals surface area (Å²) in [6.45, 7) is 2.96. The topological polar surface area (TPSA) is 32.7 Å². The van der Waals surface area contributed by atoms with Crippen molar-refractivity contribution in [1.82, 2.24) is 4.90 Å². The summed E-state index contributed by atoms with van der Waals surface area (Å²) in [5.41, 5.74) is 1.31. The lowest BCUT2D eigenvalue weighted by Gasteiger charge is -2.29. The Balaban J connectivity index is 1.91. The molecule has 0 aromatic carbocycles. The molecule has 0 radical (unpaired) electrons. The van der Waals surface area contributed by atoms with Crippen LogP contribution in [0.5, 0.6) is 0 Å². The molecule has 3 nitrogen and oxygen atoms in total. The van der Waals surface area contributed by atoms with Crippen LogP contribution in [0.3, 0.4) is 0 Å². The summed E-state index contributed by atoms with van der Waals surface area (Å²) in [4.78, 5) is 2.35. The lowest BCUT2D eigenvalue weighted by molar-refractivity contribution is 0.226. The maximum Gasteiger partial charge on any atom is 0.483 e. The predicted octanol–water partition coefficient (Wildman–Crippen LogP) is 0.304. The van der Waals surface area contributed by atoms with Crippen LogP contribution >= 0.6 is 0 Å². The van der Waals surface area contributed by atoms with Crippen LogP contribution in [-0.2, 0) is 4.65 Å². The van der Waals surface area contributed by atoms with Crippen molar-refractivity contribution in [3.05, 3.63) is 11.5 Å². The lowest BCUT2D eigenvalue weighted by Crippen LogP contribution is -2.31. The third-order valence-corrected chi connectivity index (χ3v) is 3.02. The van der Waals surface area contributed by atoms with Crippen molar-refractivity contribution in [2.24, 2.45) is 5.92 Å². The molecule has 4 heteroatoms. The van der Waals surface area contributed by atoms with Crippen LogP contribution in [0.2, 0.25) is 0 Å². The molecule has 0 aliphatic carbocycles. The molecule has 0 amide bonds. The summed E-state index contributed by atoms with van der Waals surface area (Å²) >= 11 is 0. The zero-order valence-electron chi connectivity index (χ0n) is 8.07. The molecule has 0 unspecified atom stereocenters. The summed E-state index contributed by atoms with van der Waals surface area (Å²) in [6, 6.07) is 0. The Labute approximate surface area is 79.5 Å². The van der Waals surface area contributed by atoms with Gasteiger partial charge in [0.2, 0.25) is 0 Å². The molecular weight excluding hydrogens is 165 g/mol. The number of likely N-dealkylation sites (tertiary alicyclic amines) is 1. The monoisotopic (exact) mass is 181 g/mol. The van der Waals surface area contributed by atoms with Crippen molar-refractivity contribution < 1.29 is 9.68 Å². The van der Waals surface area contributed by atoms with E-state index in [2.05, 4.69) is 11.9 Å². The Morgan fingerprint density at radius 1 is 1.54 bits per heavy atom. The number of hydrogen-bond donors (Lipinski definition) is 1. The molecule has 0 spiro atoms. The minimum Gasteiger partial charge on any atom is -0.423 e. The summed E-state index contributed by atoms with van der Waals surface area (Å²) < 4.78 is 5.09. The molecule has 72 valence electrons. The van der Waals surface area contributed by atoms with E-state index in [1.54, 1.807) is 0 Å². The molecule has 1 saturated heterocycles. The third-order valence-electron chi connectivity index (χ3n) is 3.02. The highest BCUT2D eigenvalue weighted by atomic mass is 16.5. The van der Waals surface area contributed by atoms with Crippen molar-refractivity contribution in [3.8, 4) is 0 Å². The lowest BCUT2D eigenvalue weighted by atomic mass is 9.84. The molecule has 0 bridgehead atoms. The van der Waals surface area contributed by atoms with Crippen molar-refractivity contribution in [2.75, 3.05) is 26.7 Å². The first kappa shape index (κ1) is 9.25. The number of piperidine rings is 1. The summed E-state index contributed by atoms with van der Waals surface area (Å²) in [6.07, 6.45) is 2.41. The summed E-state index contributed by atoms with van der Waals surface area (Å²) in [7, 11) is 1.51. The Kier molecular flexibility index (Phi) is 2.72. The van der Waals surface area contributed by atoms with E-state index in [-0.39, 0.29) is 0 Å². The smallest absolute Gasteiger partial charge is 0.423 e. The quantitative estimate of drug-likeness (QED) is 0.590. The molecule has 0 atom stereocenters. The minimum atomic E-state index is -0.644. The van der Waals surface area contributed by atoms with Gasteiger partial charge in [0, 0.05) is 0 Å². The fourth-order valence-electron chi connectivity index (χ4n) is 2.09. The zero-order valence-corrected chi connectivity index (χ0v) is 8.07. The van der Waals surface area contributed by atoms with Crippen molar-refractivity contribution in [1.29, 1.82) is 0 Å². The van der Waals surface area contributed by atoms with Gasteiger partial charge in [-0.1, -0.05) is 11.5 Å². The van der Waals surface area contributed by atoms with E-state index in [4.69, 9.17) is 4.65 Å². The molecule has 0 aromatic rings. The Morgan fingerprint density at radius 3 is 2.77 bits per heavy atom. The molecule has 2 rings (SSSR count). The molecule has 1 fully saturated rings. The first-order valence-electron chi connectivity index (χ1n) is 4.94. The van der Waals surface area contributed by atoms with Gasteiger partial charge in [-0.3, -0.25) is 0 Å². The second-order valence-corrected chi connectivity index (χ2v) is 4.02. The van der Waals surface area contributed by atoms with Crippen molar-refractivity contribution >= 4 is 7.12 Å². The Hall–Kier alpha value is -0.315. The molecule has 2 aliphatic heterocycles. The molecular formula is C9H16BNO2. The van der Waals surface area contributed by atoms with Crippen molar-refractivity contribution in [2.45, 2.75) is 12.8 Å². The second kappa shape index (κ2) is 3.82. The molecule has 13 heavy (non-hydrogen) atoms. The zero-order chi connectivity index (χ0) is 9.26. The van der Waals surface area contributed by atoms with E-state index < -0.39 is 7.12 Å². The standard InChI is InChI=1S/C9H16BNO2/c1-11-4-2-8(3-5-11)9-6-10(12)13-7-9/h6,8,12H,2-5,7H2,1H3. The minimum absolute atomic E-state index is 0.634. The van der Waals surface area contributed by atoms with Gasteiger partial charge in [0.25, 0.3) is 0 Å². The maximum atomic E-state index is 9.17. The van der Waals surface area contributed by atoms with E-state index in [0.717, 1.165) is 13.1 Å². The highest BCUT2D eigenvalue weighted by Gasteiger charge is 2.26. The SMILES string of the molecule is CN1CCC(C2=CB(O)OC2)CC1. The molecule has 2 aliphatic rings. The Morgan fingerprint density at radius 2 is 2.23 bits per heavy atom. The average molecular weight is 181 g/mol. The van der Waals surface area contributed by atoms with Crippen LogP contribution in [0.25, 0.3) is 0 Å². The van der Waals surface area contributed by atoms with Gasteiger partial charge < -0.3 is 14.6 Å². The normalized spacial score (nSPS) is 26.6. The molecule has 1 N–H and O–H groups in total. The van der Waals surface area contributed by atoms with E-state index in [1.165, 1.54) is 18.4 Å². The highest BCUT2D eigenvalue weighted by Crippen LogP contribution is 2.26. The first-order valence-corrected chi connectivity index (χ1v) is 4.94. The number of nitrogens with zero attached hydrogens (tertiary/aromatic N) is 1. The van der Waals surface area contributed by atoms with Gasteiger partial charge in [-0.2, -0.15) is 0 Å². The third kappa shape index (κ3) is 2.13. The van der Waals surface area contributed by atoms with Gasteiger partial charge >= 0.3 is 7.12 Å². The average Bonchev–Trinajstić information content (AvgIpc) is 2.53. The number of hydrogen-bond acceptors (Lipinski definition) is 3. The van der Waals surface area contributed by atoms with Gasteiger partial charge in [0.05, 0.1) is 6.61 Å². The van der Waals surface area contributed by atoms with E-state index >= 15 is 0 Å². The molecule has 0 saturated carbocycles. The highest BCUT2D eigenvalue weighted by molar-refractivity contribution is 6.50. The van der Waals surface area contributed by atoms with E-state index in [9.17, 15) is 5.02 Å². The van der Waals surface area contributed by atoms with Crippen LogP contribution in [0.15, 0.2) is 11.5 Å². The largest absolute Gasteiger partial charge is 0.483 e. The van der Waals surface area contributed by atoms with Gasteiger partial charge in [-0.15, -0.1) is 0 Å². The van der Waals surface area contributed by atoms with Crippen LogP contribution < -0.4 is 0 Å². The van der Waals surface area contributed by atoms with Gasteiger partial charge in [-0.05, 0) is 38.9 Å². The van der Waals surface area contributed by atoms with Crippen LogP contribution in [0.1, 0.15) is 12.8 Å². The fourth-order valence-corrected chi connectivity index (χ4v) is 2.09. The van der Waals surface area contributed by atoms with Gasteiger partial charge in [0.1, 0.15) is 0 Å². The fraction of sp³-hybridized carbons (Fsp3) is 0.778. The number of rotatable bonds is 1. The molecule has 0 aromatic heterocycles. The van der Waals surface area contributed by atoms with Crippen LogP contribution in [-0.4, -0.2) is 43.8 Å². The predicted molar refractivity (Wildman–Crippen MR) is 52.2 cm³/mol. The second-order valence-electron chi connectivity index (χ2n) is 4.02. The Bertz CT molecular complexity index is 212. The van der Waals surface area contributed by atoms with Crippen LogP contribution in [0.4, 0.5) is 0 Å². The summed E-state index contributed by atoms with van der Waals surface area (Å²) in [5.74, 6) is 2.52. The van der Waals surface area contributed by atoms with Gasteiger partial charge in [-0.25, -0.2) is 0 Å². The van der Waals surface area contributed by atoms with E-state index in [0.29, 0.717) is 12.5 Å². The molecule has 2 heterocycles. The first-order chi connectivity index (χ1) is 6.25.